The standard InChI is InChI=1S/C52H39NO/c1-52(2)45-26-25-41-40-17-4-3-5-19-49(40)54-51(41)50(45)42-24-22-33(30-46(42)52)53-47-18-11-10-16-39(47)44-29-32(21-27-48(44)53)31-20-23-38-36-14-7-6-12-34(36)35-13-8-9-15-37(35)43(38)28-31/h5-6,8-13,15-16,18-30H,3-4,7,14,17H2,1-2H3. The van der Waals surface area contributed by atoms with Crippen molar-refractivity contribution in [3.63, 3.8) is 0 Å². The van der Waals surface area contributed by atoms with Crippen molar-refractivity contribution in [2.45, 2.75) is 51.4 Å². The van der Waals surface area contributed by atoms with E-state index in [1.165, 1.54) is 111 Å². The fraction of sp³-hybridized carbons (Fsp3) is 0.154. The number of para-hydroxylation sites is 1. The van der Waals surface area contributed by atoms with Crippen LogP contribution < -0.4 is 0 Å². The van der Waals surface area contributed by atoms with Crippen molar-refractivity contribution in [1.82, 2.24) is 4.57 Å². The average molecular weight is 694 g/mol. The zero-order valence-electron chi connectivity index (χ0n) is 30.7. The van der Waals surface area contributed by atoms with Crippen molar-refractivity contribution in [3.05, 3.63) is 161 Å². The highest BCUT2D eigenvalue weighted by molar-refractivity contribution is 6.15. The Kier molecular flexibility index (Phi) is 6.16. The van der Waals surface area contributed by atoms with Gasteiger partial charge in [0.15, 0.2) is 0 Å². The van der Waals surface area contributed by atoms with Crippen molar-refractivity contribution < 1.29 is 4.42 Å². The van der Waals surface area contributed by atoms with E-state index in [-0.39, 0.29) is 5.41 Å². The number of fused-ring (bicyclic) bond motifs is 16. The van der Waals surface area contributed by atoms with E-state index in [1.54, 1.807) is 0 Å². The second kappa shape index (κ2) is 11.0. The molecule has 0 aliphatic heterocycles. The van der Waals surface area contributed by atoms with Gasteiger partial charge in [0.2, 0.25) is 0 Å². The molecule has 9 aromatic rings. The van der Waals surface area contributed by atoms with Gasteiger partial charge in [0, 0.05) is 38.4 Å². The molecule has 0 saturated heterocycles. The van der Waals surface area contributed by atoms with Crippen molar-refractivity contribution >= 4 is 66.5 Å². The summed E-state index contributed by atoms with van der Waals surface area (Å²) in [5.41, 5.74) is 16.5. The second-order valence-corrected chi connectivity index (χ2v) is 16.2. The molecular weight excluding hydrogens is 655 g/mol. The highest BCUT2D eigenvalue weighted by Gasteiger charge is 2.38. The van der Waals surface area contributed by atoms with Gasteiger partial charge in [-0.3, -0.25) is 0 Å². The summed E-state index contributed by atoms with van der Waals surface area (Å²) in [6.07, 6.45) is 14.7. The first kappa shape index (κ1) is 30.4. The van der Waals surface area contributed by atoms with Crippen LogP contribution in [0.2, 0.25) is 0 Å². The number of benzene rings is 7. The molecule has 258 valence electrons. The molecule has 3 aliphatic carbocycles. The first-order chi connectivity index (χ1) is 26.5. The maximum atomic E-state index is 6.70. The maximum absolute atomic E-state index is 6.70. The van der Waals surface area contributed by atoms with Crippen LogP contribution in [0.1, 0.15) is 66.7 Å². The third-order valence-corrected chi connectivity index (χ3v) is 13.0. The lowest BCUT2D eigenvalue weighted by atomic mass is 9.82. The van der Waals surface area contributed by atoms with Crippen LogP contribution in [0, 0.1) is 0 Å². The van der Waals surface area contributed by atoms with Crippen molar-refractivity contribution in [2.75, 3.05) is 0 Å². The summed E-state index contributed by atoms with van der Waals surface area (Å²) in [7, 11) is 0. The molecule has 0 atom stereocenters. The molecule has 0 bridgehead atoms. The molecule has 0 fully saturated rings. The number of rotatable bonds is 2. The molecule has 0 saturated carbocycles. The minimum absolute atomic E-state index is 0.156. The van der Waals surface area contributed by atoms with Gasteiger partial charge in [0.1, 0.15) is 11.3 Å². The summed E-state index contributed by atoms with van der Waals surface area (Å²) < 4.78 is 9.17. The Morgan fingerprint density at radius 2 is 1.31 bits per heavy atom. The molecule has 7 aromatic carbocycles. The number of allylic oxidation sites excluding steroid dienone is 2. The number of furan rings is 1. The molecule has 3 aliphatic rings. The molecule has 2 nitrogen and oxygen atoms in total. The molecule has 0 unspecified atom stereocenters. The van der Waals surface area contributed by atoms with E-state index in [9.17, 15) is 0 Å². The van der Waals surface area contributed by atoms with Crippen molar-refractivity contribution in [1.29, 1.82) is 0 Å². The fourth-order valence-corrected chi connectivity index (χ4v) is 10.3. The largest absolute Gasteiger partial charge is 0.456 e. The van der Waals surface area contributed by atoms with Crippen LogP contribution in [-0.2, 0) is 18.3 Å². The zero-order valence-corrected chi connectivity index (χ0v) is 30.7. The molecule has 0 N–H and O–H groups in total. The Labute approximate surface area is 314 Å². The van der Waals surface area contributed by atoms with Gasteiger partial charge in [-0.05, 0) is 135 Å². The Morgan fingerprint density at radius 3 is 2.22 bits per heavy atom. The van der Waals surface area contributed by atoms with Crippen molar-refractivity contribution in [2.24, 2.45) is 0 Å². The van der Waals surface area contributed by atoms with Crippen LogP contribution >= 0.6 is 0 Å². The highest BCUT2D eigenvalue weighted by Crippen LogP contribution is 2.53. The third kappa shape index (κ3) is 4.06. The number of hydrogen-bond acceptors (Lipinski definition) is 1. The third-order valence-electron chi connectivity index (χ3n) is 13.0. The Bertz CT molecular complexity index is 3160. The molecule has 2 aromatic heterocycles. The Hall–Kier alpha value is -6.12. The number of aromatic nitrogens is 1. The molecule has 0 radical (unpaired) electrons. The van der Waals surface area contributed by atoms with Crippen LogP contribution in [0.15, 0.2) is 132 Å². The van der Waals surface area contributed by atoms with E-state index < -0.39 is 0 Å². The topological polar surface area (TPSA) is 18.1 Å². The molecule has 12 rings (SSSR count). The second-order valence-electron chi connectivity index (χ2n) is 16.2. The normalized spacial score (nSPS) is 15.6. The summed E-state index contributed by atoms with van der Waals surface area (Å²) in [5.74, 6) is 1.04. The number of nitrogens with zero attached hydrogens (tertiary/aromatic N) is 1. The highest BCUT2D eigenvalue weighted by atomic mass is 16.3. The van der Waals surface area contributed by atoms with E-state index in [0.29, 0.717) is 0 Å². The van der Waals surface area contributed by atoms with Crippen LogP contribution in [0.5, 0.6) is 0 Å². The number of aryl methyl sites for hydroxylation is 2. The summed E-state index contributed by atoms with van der Waals surface area (Å²) in [4.78, 5) is 0. The van der Waals surface area contributed by atoms with E-state index in [2.05, 4.69) is 158 Å². The molecule has 54 heavy (non-hydrogen) atoms. The maximum Gasteiger partial charge on any atom is 0.143 e. The van der Waals surface area contributed by atoms with Crippen LogP contribution in [0.3, 0.4) is 0 Å². The predicted molar refractivity (Wildman–Crippen MR) is 228 cm³/mol. The Morgan fingerprint density at radius 1 is 0.556 bits per heavy atom. The molecule has 0 amide bonds. The van der Waals surface area contributed by atoms with Gasteiger partial charge in [-0.15, -0.1) is 0 Å². The molecule has 2 heterocycles. The monoisotopic (exact) mass is 693 g/mol. The van der Waals surface area contributed by atoms with Gasteiger partial charge < -0.3 is 8.98 Å². The molecule has 0 spiro atoms. The van der Waals surface area contributed by atoms with E-state index in [1.807, 2.05) is 0 Å². The van der Waals surface area contributed by atoms with Gasteiger partial charge in [-0.25, -0.2) is 0 Å². The zero-order chi connectivity index (χ0) is 35.7. The first-order valence-corrected chi connectivity index (χ1v) is 19.6. The SMILES string of the molecule is CC1(C)c2cc(-n3c4ccccc4c4cc(-c5ccc6c7c(c8ccccc8c6c5)C=CCC7)ccc43)ccc2-c2c1ccc1c3c(oc21)C=CCCC3. The summed E-state index contributed by atoms with van der Waals surface area (Å²) in [6.45, 7) is 4.75. The predicted octanol–water partition coefficient (Wildman–Crippen LogP) is 14.1. The van der Waals surface area contributed by atoms with Crippen LogP contribution in [0.4, 0.5) is 0 Å². The first-order valence-electron chi connectivity index (χ1n) is 19.6. The molecule has 2 heteroatoms. The van der Waals surface area contributed by atoms with Gasteiger partial charge in [0.25, 0.3) is 0 Å². The fourth-order valence-electron chi connectivity index (χ4n) is 10.3. The lowest BCUT2D eigenvalue weighted by molar-refractivity contribution is 0.598. The molecular formula is C52H39NO. The lowest BCUT2D eigenvalue weighted by Crippen LogP contribution is -2.15. The van der Waals surface area contributed by atoms with E-state index in [4.69, 9.17) is 4.42 Å². The lowest BCUT2D eigenvalue weighted by Gasteiger charge is -2.22. The van der Waals surface area contributed by atoms with Crippen molar-refractivity contribution in [3.8, 4) is 27.9 Å². The Balaban J connectivity index is 1.02. The summed E-state index contributed by atoms with van der Waals surface area (Å²) in [5, 5.41) is 9.25. The smallest absolute Gasteiger partial charge is 0.143 e. The minimum Gasteiger partial charge on any atom is -0.456 e. The minimum atomic E-state index is -0.156. The quantitative estimate of drug-likeness (QED) is 0.165. The van der Waals surface area contributed by atoms with E-state index in [0.717, 1.165) is 37.0 Å². The summed E-state index contributed by atoms with van der Waals surface area (Å²) >= 11 is 0. The average Bonchev–Trinajstić information content (AvgIpc) is 3.74. The van der Waals surface area contributed by atoms with Crippen LogP contribution in [-0.4, -0.2) is 4.57 Å². The number of hydrogen-bond donors (Lipinski definition) is 0. The van der Waals surface area contributed by atoms with Gasteiger partial charge in [-0.1, -0.05) is 111 Å². The summed E-state index contributed by atoms with van der Waals surface area (Å²) in [6, 6.07) is 43.8. The van der Waals surface area contributed by atoms with Crippen LogP contribution in [0.25, 0.3) is 94.4 Å². The van der Waals surface area contributed by atoms with Gasteiger partial charge in [0.05, 0.1) is 11.0 Å². The van der Waals surface area contributed by atoms with E-state index >= 15 is 0 Å². The van der Waals surface area contributed by atoms with Gasteiger partial charge in [-0.2, -0.15) is 0 Å². The van der Waals surface area contributed by atoms with Gasteiger partial charge >= 0.3 is 0 Å².